The number of para-hydroxylation sites is 1. The molecule has 0 bridgehead atoms. The predicted molar refractivity (Wildman–Crippen MR) is 113 cm³/mol. The first-order chi connectivity index (χ1) is 15.0. The van der Waals surface area contributed by atoms with E-state index in [0.717, 1.165) is 5.69 Å². The van der Waals surface area contributed by atoms with E-state index in [4.69, 9.17) is 9.47 Å². The first-order valence-corrected chi connectivity index (χ1v) is 10.8. The van der Waals surface area contributed by atoms with E-state index in [1.165, 1.54) is 7.11 Å². The molecule has 3 fully saturated rings. The Labute approximate surface area is 182 Å². The van der Waals surface area contributed by atoms with Crippen LogP contribution in [0.2, 0.25) is 0 Å². The van der Waals surface area contributed by atoms with Crippen molar-refractivity contribution in [3.8, 4) is 0 Å². The molecule has 3 amide bonds. The van der Waals surface area contributed by atoms with Crippen LogP contribution < -0.4 is 4.90 Å². The van der Waals surface area contributed by atoms with Gasteiger partial charge in [-0.25, -0.2) is 0 Å². The molecule has 3 aliphatic rings. The van der Waals surface area contributed by atoms with E-state index in [0.29, 0.717) is 58.9 Å². The summed E-state index contributed by atoms with van der Waals surface area (Å²) < 4.78 is 10.3. The van der Waals surface area contributed by atoms with Gasteiger partial charge in [-0.1, -0.05) is 18.2 Å². The molecule has 3 heterocycles. The van der Waals surface area contributed by atoms with Gasteiger partial charge in [0.25, 0.3) is 5.91 Å². The Hall–Kier alpha value is -2.65. The van der Waals surface area contributed by atoms with Gasteiger partial charge >= 0.3 is 0 Å². The van der Waals surface area contributed by atoms with Gasteiger partial charge in [0, 0.05) is 39.0 Å². The monoisotopic (exact) mass is 430 g/mol. The standard InChI is InChI=1S/C22H30N4O5/c1-30-16-20(28)23-9-7-22(8-10-23)21(29)25(15-19(27)24-11-13-31-14-12-24)17-26(22)18-5-3-2-4-6-18/h2-6H,7-17H2,1H3. The highest BCUT2D eigenvalue weighted by atomic mass is 16.5. The summed E-state index contributed by atoms with van der Waals surface area (Å²) >= 11 is 0. The number of carbonyl (C=O) groups excluding carboxylic acids is 3. The second kappa shape index (κ2) is 9.23. The maximum atomic E-state index is 13.6. The summed E-state index contributed by atoms with van der Waals surface area (Å²) in [4.78, 5) is 46.0. The number of rotatable bonds is 5. The number of ether oxygens (including phenoxy) is 2. The molecule has 31 heavy (non-hydrogen) atoms. The normalized spacial score (nSPS) is 21.1. The van der Waals surface area contributed by atoms with Crippen LogP contribution >= 0.6 is 0 Å². The van der Waals surface area contributed by atoms with E-state index in [1.807, 2.05) is 30.3 Å². The van der Waals surface area contributed by atoms with Crippen LogP contribution in [0.3, 0.4) is 0 Å². The second-order valence-corrected chi connectivity index (χ2v) is 8.25. The van der Waals surface area contributed by atoms with Crippen LogP contribution in [0.25, 0.3) is 0 Å². The van der Waals surface area contributed by atoms with Gasteiger partial charge in [-0.2, -0.15) is 0 Å². The molecule has 1 spiro atoms. The smallest absolute Gasteiger partial charge is 0.250 e. The first-order valence-electron chi connectivity index (χ1n) is 10.8. The van der Waals surface area contributed by atoms with Crippen molar-refractivity contribution in [2.75, 3.05) is 71.2 Å². The number of carbonyl (C=O) groups is 3. The minimum atomic E-state index is -0.740. The van der Waals surface area contributed by atoms with Crippen molar-refractivity contribution in [1.82, 2.24) is 14.7 Å². The summed E-state index contributed by atoms with van der Waals surface area (Å²) in [5.41, 5.74) is 0.213. The summed E-state index contributed by atoms with van der Waals surface area (Å²) in [7, 11) is 1.50. The molecule has 0 aromatic heterocycles. The predicted octanol–water partition coefficient (Wildman–Crippen LogP) is 0.159. The van der Waals surface area contributed by atoms with Crippen LogP contribution in [0.4, 0.5) is 5.69 Å². The lowest BCUT2D eigenvalue weighted by Gasteiger charge is -2.43. The van der Waals surface area contributed by atoms with Gasteiger partial charge in [-0.15, -0.1) is 0 Å². The Morgan fingerprint density at radius 1 is 1.00 bits per heavy atom. The minimum absolute atomic E-state index is 0.0307. The van der Waals surface area contributed by atoms with Gasteiger partial charge in [0.05, 0.1) is 19.9 Å². The molecule has 4 rings (SSSR count). The van der Waals surface area contributed by atoms with Gasteiger partial charge < -0.3 is 29.1 Å². The summed E-state index contributed by atoms with van der Waals surface area (Å²) in [5, 5.41) is 0. The van der Waals surface area contributed by atoms with Gasteiger partial charge in [-0.3, -0.25) is 14.4 Å². The number of morpholine rings is 1. The van der Waals surface area contributed by atoms with E-state index in [9.17, 15) is 14.4 Å². The molecule has 0 N–H and O–H groups in total. The Kier molecular flexibility index (Phi) is 6.43. The van der Waals surface area contributed by atoms with Crippen molar-refractivity contribution in [2.24, 2.45) is 0 Å². The minimum Gasteiger partial charge on any atom is -0.378 e. The van der Waals surface area contributed by atoms with Gasteiger partial charge in [-0.05, 0) is 25.0 Å². The van der Waals surface area contributed by atoms with Crippen molar-refractivity contribution in [1.29, 1.82) is 0 Å². The number of piperidine rings is 1. The Balaban J connectivity index is 1.53. The maximum absolute atomic E-state index is 13.6. The Bertz CT molecular complexity index is 803. The van der Waals surface area contributed by atoms with Crippen molar-refractivity contribution in [3.63, 3.8) is 0 Å². The summed E-state index contributed by atoms with van der Waals surface area (Å²) in [6.45, 7) is 3.64. The first kappa shape index (κ1) is 21.6. The van der Waals surface area contributed by atoms with Gasteiger partial charge in [0.15, 0.2) is 0 Å². The number of hydrogen-bond donors (Lipinski definition) is 0. The number of benzene rings is 1. The number of methoxy groups -OCH3 is 1. The fourth-order valence-electron chi connectivity index (χ4n) is 4.74. The largest absolute Gasteiger partial charge is 0.378 e. The van der Waals surface area contributed by atoms with Gasteiger partial charge in [0.1, 0.15) is 18.7 Å². The fourth-order valence-corrected chi connectivity index (χ4v) is 4.74. The van der Waals surface area contributed by atoms with Gasteiger partial charge in [0.2, 0.25) is 11.8 Å². The number of amides is 3. The molecule has 3 aliphatic heterocycles. The molecule has 0 radical (unpaired) electrons. The lowest BCUT2D eigenvalue weighted by Crippen LogP contribution is -2.58. The molecule has 1 aromatic rings. The third-order valence-electron chi connectivity index (χ3n) is 6.48. The Morgan fingerprint density at radius 3 is 2.29 bits per heavy atom. The lowest BCUT2D eigenvalue weighted by molar-refractivity contribution is -0.144. The lowest BCUT2D eigenvalue weighted by atomic mass is 9.85. The maximum Gasteiger partial charge on any atom is 0.250 e. The van der Waals surface area contributed by atoms with Crippen molar-refractivity contribution < 1.29 is 23.9 Å². The number of hydrogen-bond acceptors (Lipinski definition) is 6. The molecule has 0 saturated carbocycles. The van der Waals surface area contributed by atoms with Crippen molar-refractivity contribution in [2.45, 2.75) is 18.4 Å². The summed E-state index contributed by atoms with van der Waals surface area (Å²) in [5.74, 6) is -0.139. The highest BCUT2D eigenvalue weighted by Crippen LogP contribution is 2.39. The molecule has 3 saturated heterocycles. The second-order valence-electron chi connectivity index (χ2n) is 8.25. The average molecular weight is 431 g/mol. The summed E-state index contributed by atoms with van der Waals surface area (Å²) in [6.07, 6.45) is 1.05. The van der Waals surface area contributed by atoms with Crippen molar-refractivity contribution in [3.05, 3.63) is 30.3 Å². The summed E-state index contributed by atoms with van der Waals surface area (Å²) in [6, 6.07) is 9.83. The van der Waals surface area contributed by atoms with E-state index >= 15 is 0 Å². The topological polar surface area (TPSA) is 82.6 Å². The molecule has 0 atom stereocenters. The number of nitrogens with zero attached hydrogens (tertiary/aromatic N) is 4. The molecule has 0 unspecified atom stereocenters. The SMILES string of the molecule is COCC(=O)N1CCC2(CC1)C(=O)N(CC(=O)N1CCOCC1)CN2c1ccccc1. The third-order valence-corrected chi connectivity index (χ3v) is 6.48. The molecular weight excluding hydrogens is 400 g/mol. The third kappa shape index (κ3) is 4.24. The highest BCUT2D eigenvalue weighted by molar-refractivity contribution is 5.96. The van der Waals surface area contributed by atoms with E-state index in [2.05, 4.69) is 4.90 Å². The van der Waals surface area contributed by atoms with Crippen LogP contribution in [0.1, 0.15) is 12.8 Å². The van der Waals surface area contributed by atoms with E-state index in [1.54, 1.807) is 14.7 Å². The van der Waals surface area contributed by atoms with Crippen LogP contribution in [0.5, 0.6) is 0 Å². The molecular formula is C22H30N4O5. The van der Waals surface area contributed by atoms with Crippen LogP contribution in [-0.4, -0.2) is 104 Å². The number of likely N-dealkylation sites (tertiary alicyclic amines) is 1. The van der Waals surface area contributed by atoms with Crippen LogP contribution in [0, 0.1) is 0 Å². The molecule has 0 aliphatic carbocycles. The fraction of sp³-hybridized carbons (Fsp3) is 0.591. The van der Waals surface area contributed by atoms with E-state index < -0.39 is 5.54 Å². The number of anilines is 1. The van der Waals surface area contributed by atoms with Crippen LogP contribution in [0.15, 0.2) is 30.3 Å². The highest BCUT2D eigenvalue weighted by Gasteiger charge is 2.54. The zero-order valence-corrected chi connectivity index (χ0v) is 18.0. The molecule has 9 heteroatoms. The zero-order chi connectivity index (χ0) is 21.8. The molecule has 168 valence electrons. The molecule has 9 nitrogen and oxygen atoms in total. The van der Waals surface area contributed by atoms with E-state index in [-0.39, 0.29) is 30.9 Å². The quantitative estimate of drug-likeness (QED) is 0.662. The van der Waals surface area contributed by atoms with Crippen molar-refractivity contribution >= 4 is 23.4 Å². The zero-order valence-electron chi connectivity index (χ0n) is 18.0. The average Bonchev–Trinajstić information content (AvgIpc) is 3.07. The van der Waals surface area contributed by atoms with Crippen LogP contribution in [-0.2, 0) is 23.9 Å². The molecule has 1 aromatic carbocycles. The Morgan fingerprint density at radius 2 is 1.65 bits per heavy atom.